The number of benzene rings is 1. The van der Waals surface area contributed by atoms with Crippen molar-refractivity contribution < 1.29 is 4.74 Å². The van der Waals surface area contributed by atoms with Gasteiger partial charge in [-0.15, -0.1) is 0 Å². The molecule has 4 nitrogen and oxygen atoms in total. The van der Waals surface area contributed by atoms with Crippen molar-refractivity contribution in [3.63, 3.8) is 0 Å². The number of nitriles is 1. The van der Waals surface area contributed by atoms with Crippen LogP contribution in [0, 0.1) is 11.3 Å². The number of anilines is 1. The van der Waals surface area contributed by atoms with Crippen LogP contribution in [0.4, 0.5) is 5.82 Å². The van der Waals surface area contributed by atoms with E-state index in [1.807, 2.05) is 31.3 Å². The maximum Gasteiger partial charge on any atom is 0.137 e. The maximum absolute atomic E-state index is 8.96. The van der Waals surface area contributed by atoms with E-state index in [1.54, 1.807) is 18.3 Å². The molecule has 90 valence electrons. The Bertz CT molecular complexity index is 575. The van der Waals surface area contributed by atoms with Gasteiger partial charge in [-0.3, -0.25) is 0 Å². The normalized spacial score (nSPS) is 9.56. The van der Waals surface area contributed by atoms with Crippen molar-refractivity contribution in [3.8, 4) is 11.8 Å². The van der Waals surface area contributed by atoms with E-state index in [9.17, 15) is 0 Å². The molecule has 0 saturated carbocycles. The first-order valence-electron chi connectivity index (χ1n) is 5.58. The fourth-order valence-corrected chi connectivity index (χ4v) is 1.62. The molecule has 1 aromatic carbocycles. The zero-order chi connectivity index (χ0) is 12.8. The SMILES string of the molecule is CNc1ncccc1COc1ccccc1C#N. The molecule has 0 aliphatic rings. The van der Waals surface area contributed by atoms with Crippen LogP contribution in [-0.4, -0.2) is 12.0 Å². The molecule has 2 rings (SSSR count). The van der Waals surface area contributed by atoms with Crippen LogP contribution >= 0.6 is 0 Å². The van der Waals surface area contributed by atoms with Gasteiger partial charge in [0, 0.05) is 18.8 Å². The molecule has 0 saturated heterocycles. The Labute approximate surface area is 106 Å². The minimum absolute atomic E-state index is 0.378. The van der Waals surface area contributed by atoms with E-state index in [-0.39, 0.29) is 0 Å². The predicted octanol–water partition coefficient (Wildman–Crippen LogP) is 2.57. The summed E-state index contributed by atoms with van der Waals surface area (Å²) in [5.41, 5.74) is 1.49. The standard InChI is InChI=1S/C14H13N3O/c1-16-14-12(6-4-8-17-14)10-18-13-7-3-2-5-11(13)9-15/h2-8H,10H2,1H3,(H,16,17). The number of rotatable bonds is 4. The molecule has 18 heavy (non-hydrogen) atoms. The van der Waals surface area contributed by atoms with Gasteiger partial charge in [0.2, 0.25) is 0 Å². The highest BCUT2D eigenvalue weighted by molar-refractivity contribution is 5.45. The summed E-state index contributed by atoms with van der Waals surface area (Å²) in [7, 11) is 1.81. The van der Waals surface area contributed by atoms with Crippen LogP contribution in [0.1, 0.15) is 11.1 Å². The minimum Gasteiger partial charge on any atom is -0.487 e. The van der Waals surface area contributed by atoms with Crippen LogP contribution in [0.5, 0.6) is 5.75 Å². The van der Waals surface area contributed by atoms with E-state index in [4.69, 9.17) is 10.00 Å². The molecule has 2 aromatic rings. The fraction of sp³-hybridized carbons (Fsp3) is 0.143. The van der Waals surface area contributed by atoms with Crippen molar-refractivity contribution in [2.75, 3.05) is 12.4 Å². The van der Waals surface area contributed by atoms with E-state index < -0.39 is 0 Å². The molecule has 0 fully saturated rings. The van der Waals surface area contributed by atoms with E-state index in [0.29, 0.717) is 17.9 Å². The smallest absolute Gasteiger partial charge is 0.137 e. The summed E-state index contributed by atoms with van der Waals surface area (Å²) in [5, 5.41) is 12.0. The topological polar surface area (TPSA) is 57.9 Å². The molecular weight excluding hydrogens is 226 g/mol. The summed E-state index contributed by atoms with van der Waals surface area (Å²) in [6.07, 6.45) is 1.72. The van der Waals surface area contributed by atoms with Gasteiger partial charge in [0.25, 0.3) is 0 Å². The van der Waals surface area contributed by atoms with Crippen LogP contribution in [0.2, 0.25) is 0 Å². The first kappa shape index (κ1) is 11.9. The number of para-hydroxylation sites is 1. The second-order valence-electron chi connectivity index (χ2n) is 3.66. The lowest BCUT2D eigenvalue weighted by Gasteiger charge is -2.10. The van der Waals surface area contributed by atoms with E-state index in [1.165, 1.54) is 0 Å². The third-order valence-electron chi connectivity index (χ3n) is 2.52. The number of nitrogens with one attached hydrogen (secondary N) is 1. The fourth-order valence-electron chi connectivity index (χ4n) is 1.62. The summed E-state index contributed by atoms with van der Waals surface area (Å²) in [4.78, 5) is 4.20. The molecule has 4 heteroatoms. The molecule has 0 spiro atoms. The van der Waals surface area contributed by atoms with Gasteiger partial charge in [0.05, 0.1) is 5.56 Å². The van der Waals surface area contributed by atoms with E-state index in [2.05, 4.69) is 16.4 Å². The molecule has 0 bridgehead atoms. The van der Waals surface area contributed by atoms with Crippen LogP contribution in [0.25, 0.3) is 0 Å². The largest absolute Gasteiger partial charge is 0.487 e. The summed E-state index contributed by atoms with van der Waals surface area (Å²) in [6, 6.07) is 13.1. The highest BCUT2D eigenvalue weighted by atomic mass is 16.5. The second-order valence-corrected chi connectivity index (χ2v) is 3.66. The molecule has 0 aliphatic heterocycles. The van der Waals surface area contributed by atoms with Crippen molar-refractivity contribution >= 4 is 5.82 Å². The van der Waals surface area contributed by atoms with E-state index >= 15 is 0 Å². The Balaban J connectivity index is 2.14. The number of pyridine rings is 1. The Morgan fingerprint density at radius 2 is 2.11 bits per heavy atom. The Kier molecular flexibility index (Phi) is 3.77. The number of hydrogen-bond donors (Lipinski definition) is 1. The highest BCUT2D eigenvalue weighted by Gasteiger charge is 2.05. The predicted molar refractivity (Wildman–Crippen MR) is 69.3 cm³/mol. The van der Waals surface area contributed by atoms with Crippen molar-refractivity contribution in [1.29, 1.82) is 5.26 Å². The molecule has 0 aliphatic carbocycles. The number of ether oxygens (including phenoxy) is 1. The van der Waals surface area contributed by atoms with Crippen molar-refractivity contribution in [2.24, 2.45) is 0 Å². The van der Waals surface area contributed by atoms with Crippen molar-refractivity contribution in [2.45, 2.75) is 6.61 Å². The summed E-state index contributed by atoms with van der Waals surface area (Å²) in [6.45, 7) is 0.378. The molecule has 0 radical (unpaired) electrons. The molecule has 0 unspecified atom stereocenters. The molecule has 1 aromatic heterocycles. The van der Waals surface area contributed by atoms with Crippen molar-refractivity contribution in [3.05, 3.63) is 53.7 Å². The molecule has 1 heterocycles. The third kappa shape index (κ3) is 2.58. The van der Waals surface area contributed by atoms with Crippen LogP contribution in [0.15, 0.2) is 42.6 Å². The molecule has 1 N–H and O–H groups in total. The lowest BCUT2D eigenvalue weighted by Crippen LogP contribution is -2.03. The lowest BCUT2D eigenvalue weighted by molar-refractivity contribution is 0.305. The van der Waals surface area contributed by atoms with E-state index in [0.717, 1.165) is 11.4 Å². The van der Waals surface area contributed by atoms with Gasteiger partial charge in [-0.2, -0.15) is 5.26 Å². The Morgan fingerprint density at radius 3 is 2.89 bits per heavy atom. The van der Waals surface area contributed by atoms with Gasteiger partial charge < -0.3 is 10.1 Å². The molecule has 0 atom stereocenters. The van der Waals surface area contributed by atoms with Crippen molar-refractivity contribution in [1.82, 2.24) is 4.98 Å². The first-order valence-corrected chi connectivity index (χ1v) is 5.58. The van der Waals surface area contributed by atoms with Gasteiger partial charge in [0.15, 0.2) is 0 Å². The lowest BCUT2D eigenvalue weighted by atomic mass is 10.2. The second kappa shape index (κ2) is 5.69. The van der Waals surface area contributed by atoms with Gasteiger partial charge in [-0.1, -0.05) is 18.2 Å². The van der Waals surface area contributed by atoms with Gasteiger partial charge in [-0.05, 0) is 18.2 Å². The Hall–Kier alpha value is -2.54. The molecular formula is C14H13N3O. The number of hydrogen-bond acceptors (Lipinski definition) is 4. The number of nitrogens with zero attached hydrogens (tertiary/aromatic N) is 2. The minimum atomic E-state index is 0.378. The van der Waals surface area contributed by atoms with Crippen LogP contribution in [-0.2, 0) is 6.61 Å². The maximum atomic E-state index is 8.96. The van der Waals surface area contributed by atoms with Gasteiger partial charge in [-0.25, -0.2) is 4.98 Å². The van der Waals surface area contributed by atoms with Crippen LogP contribution < -0.4 is 10.1 Å². The quantitative estimate of drug-likeness (QED) is 0.890. The van der Waals surface area contributed by atoms with Gasteiger partial charge in [0.1, 0.15) is 24.2 Å². The average molecular weight is 239 g/mol. The highest BCUT2D eigenvalue weighted by Crippen LogP contribution is 2.19. The summed E-state index contributed by atoms with van der Waals surface area (Å²) >= 11 is 0. The monoisotopic (exact) mass is 239 g/mol. The average Bonchev–Trinajstić information content (AvgIpc) is 2.45. The summed E-state index contributed by atoms with van der Waals surface area (Å²) < 4.78 is 5.65. The number of aromatic nitrogens is 1. The molecule has 0 amide bonds. The zero-order valence-electron chi connectivity index (χ0n) is 10.1. The summed E-state index contributed by atoms with van der Waals surface area (Å²) in [5.74, 6) is 1.37. The first-order chi connectivity index (χ1) is 8.85. The van der Waals surface area contributed by atoms with Crippen LogP contribution in [0.3, 0.4) is 0 Å². The Morgan fingerprint density at radius 1 is 1.28 bits per heavy atom. The van der Waals surface area contributed by atoms with Gasteiger partial charge >= 0.3 is 0 Å². The third-order valence-corrected chi connectivity index (χ3v) is 2.52. The zero-order valence-corrected chi connectivity index (χ0v) is 10.1.